The number of carbonyl (C=O) groups excluding carboxylic acids is 2. The predicted octanol–water partition coefficient (Wildman–Crippen LogP) is 1.58. The van der Waals surface area contributed by atoms with Crippen LogP contribution in [0.2, 0.25) is 0 Å². The molecule has 0 amide bonds. The second-order valence-electron chi connectivity index (χ2n) is 5.26. The lowest BCUT2D eigenvalue weighted by Gasteiger charge is -2.12. The van der Waals surface area contributed by atoms with Crippen LogP contribution in [-0.4, -0.2) is 47.4 Å². The summed E-state index contributed by atoms with van der Waals surface area (Å²) in [5.74, 6) is -2.70. The van der Waals surface area contributed by atoms with Gasteiger partial charge in [-0.2, -0.15) is 0 Å². The van der Waals surface area contributed by atoms with Crippen molar-refractivity contribution in [3.8, 4) is 0 Å². The molecule has 0 heterocycles. The SMILES string of the molecule is C=C(C)C(=O)OCCc1cccc(C(=O)OCC(C)O)c1C(=O)O. The summed E-state index contributed by atoms with van der Waals surface area (Å²) in [4.78, 5) is 34.9. The Bertz CT molecular complexity index is 646. The average Bonchev–Trinajstić information content (AvgIpc) is 2.51. The van der Waals surface area contributed by atoms with Gasteiger partial charge in [0.2, 0.25) is 0 Å². The first-order valence-corrected chi connectivity index (χ1v) is 7.27. The van der Waals surface area contributed by atoms with E-state index < -0.39 is 24.0 Å². The molecule has 0 aromatic heterocycles. The Balaban J connectivity index is 2.95. The lowest BCUT2D eigenvalue weighted by Crippen LogP contribution is -2.19. The third-order valence-electron chi connectivity index (χ3n) is 2.99. The summed E-state index contributed by atoms with van der Waals surface area (Å²) in [7, 11) is 0. The first-order chi connectivity index (χ1) is 11.2. The van der Waals surface area contributed by atoms with Crippen LogP contribution in [0.5, 0.6) is 0 Å². The van der Waals surface area contributed by atoms with E-state index in [2.05, 4.69) is 6.58 Å². The summed E-state index contributed by atoms with van der Waals surface area (Å²) in [5.41, 5.74) is 0.249. The van der Waals surface area contributed by atoms with Crippen molar-refractivity contribution in [2.45, 2.75) is 26.4 Å². The number of aromatic carboxylic acids is 1. The number of rotatable bonds is 8. The van der Waals surface area contributed by atoms with Crippen molar-refractivity contribution >= 4 is 17.9 Å². The highest BCUT2D eigenvalue weighted by Gasteiger charge is 2.21. The van der Waals surface area contributed by atoms with Gasteiger partial charge in [-0.25, -0.2) is 14.4 Å². The summed E-state index contributed by atoms with van der Waals surface area (Å²) >= 11 is 0. The van der Waals surface area contributed by atoms with Crippen molar-refractivity contribution in [2.75, 3.05) is 13.2 Å². The minimum Gasteiger partial charge on any atom is -0.478 e. The molecule has 0 aliphatic rings. The zero-order chi connectivity index (χ0) is 18.3. The van der Waals surface area contributed by atoms with Gasteiger partial charge in [-0.05, 0) is 25.5 Å². The van der Waals surface area contributed by atoms with Gasteiger partial charge in [-0.1, -0.05) is 18.7 Å². The molecule has 0 saturated carbocycles. The van der Waals surface area contributed by atoms with Gasteiger partial charge in [-0.3, -0.25) is 0 Å². The van der Waals surface area contributed by atoms with E-state index in [4.69, 9.17) is 14.6 Å². The predicted molar refractivity (Wildman–Crippen MR) is 84.8 cm³/mol. The summed E-state index contributed by atoms with van der Waals surface area (Å²) in [6.45, 7) is 6.11. The van der Waals surface area contributed by atoms with Crippen molar-refractivity contribution < 1.29 is 34.1 Å². The third-order valence-corrected chi connectivity index (χ3v) is 2.99. The van der Waals surface area contributed by atoms with E-state index in [9.17, 15) is 19.5 Å². The van der Waals surface area contributed by atoms with Crippen molar-refractivity contribution in [3.63, 3.8) is 0 Å². The van der Waals surface area contributed by atoms with E-state index >= 15 is 0 Å². The largest absolute Gasteiger partial charge is 0.478 e. The quantitative estimate of drug-likeness (QED) is 0.548. The van der Waals surface area contributed by atoms with E-state index in [1.165, 1.54) is 32.0 Å². The normalized spacial score (nSPS) is 11.5. The van der Waals surface area contributed by atoms with Crippen LogP contribution in [0.15, 0.2) is 30.4 Å². The van der Waals surface area contributed by atoms with Gasteiger partial charge in [0.05, 0.1) is 23.8 Å². The second-order valence-corrected chi connectivity index (χ2v) is 5.26. The minimum atomic E-state index is -1.29. The van der Waals surface area contributed by atoms with Crippen LogP contribution in [0.25, 0.3) is 0 Å². The van der Waals surface area contributed by atoms with Crippen LogP contribution < -0.4 is 0 Å². The molecule has 1 atom stereocenters. The molecule has 0 aliphatic heterocycles. The van der Waals surface area contributed by atoms with Gasteiger partial charge in [-0.15, -0.1) is 0 Å². The molecule has 1 aromatic carbocycles. The molecule has 1 rings (SSSR count). The van der Waals surface area contributed by atoms with E-state index in [1.807, 2.05) is 0 Å². The molecule has 1 aromatic rings. The third kappa shape index (κ3) is 5.51. The number of carboxylic acids is 1. The van der Waals surface area contributed by atoms with Crippen LogP contribution in [0.1, 0.15) is 40.1 Å². The van der Waals surface area contributed by atoms with E-state index in [0.717, 1.165) is 0 Å². The zero-order valence-corrected chi connectivity index (χ0v) is 13.6. The van der Waals surface area contributed by atoms with Crippen molar-refractivity contribution in [1.82, 2.24) is 0 Å². The number of carbonyl (C=O) groups is 3. The van der Waals surface area contributed by atoms with Crippen molar-refractivity contribution in [1.29, 1.82) is 0 Å². The Morgan fingerprint density at radius 1 is 1.25 bits per heavy atom. The van der Waals surface area contributed by atoms with Gasteiger partial charge in [0.25, 0.3) is 0 Å². The van der Waals surface area contributed by atoms with E-state index in [1.54, 1.807) is 0 Å². The van der Waals surface area contributed by atoms with Crippen LogP contribution in [0.4, 0.5) is 0 Å². The highest BCUT2D eigenvalue weighted by molar-refractivity contribution is 6.03. The van der Waals surface area contributed by atoms with Crippen LogP contribution in [0, 0.1) is 0 Å². The first kappa shape index (κ1) is 19.4. The summed E-state index contributed by atoms with van der Waals surface area (Å²) in [6.07, 6.45) is -0.731. The molecule has 24 heavy (non-hydrogen) atoms. The Hall–Kier alpha value is -2.67. The molecule has 0 bridgehead atoms. The van der Waals surface area contributed by atoms with Gasteiger partial charge in [0.1, 0.15) is 6.61 Å². The molecular formula is C17H20O7. The number of esters is 2. The molecule has 0 saturated heterocycles. The van der Waals surface area contributed by atoms with E-state index in [-0.39, 0.29) is 36.3 Å². The molecule has 130 valence electrons. The molecule has 7 nitrogen and oxygen atoms in total. The Labute approximate surface area is 139 Å². The fourth-order valence-corrected chi connectivity index (χ4v) is 1.88. The molecule has 0 aliphatic carbocycles. The smallest absolute Gasteiger partial charge is 0.339 e. The van der Waals surface area contributed by atoms with Crippen LogP contribution in [0.3, 0.4) is 0 Å². The van der Waals surface area contributed by atoms with Crippen molar-refractivity contribution in [2.24, 2.45) is 0 Å². The number of carboxylic acid groups (broad SMARTS) is 1. The lowest BCUT2D eigenvalue weighted by atomic mass is 9.99. The molecule has 1 unspecified atom stereocenters. The number of ether oxygens (including phenoxy) is 2. The number of hydrogen-bond donors (Lipinski definition) is 2. The number of aliphatic hydroxyl groups excluding tert-OH is 1. The summed E-state index contributed by atoms with van der Waals surface area (Å²) in [6, 6.07) is 4.38. The fourth-order valence-electron chi connectivity index (χ4n) is 1.88. The van der Waals surface area contributed by atoms with Gasteiger partial charge in [0.15, 0.2) is 0 Å². The molecule has 0 spiro atoms. The fraction of sp³-hybridized carbons (Fsp3) is 0.353. The first-order valence-electron chi connectivity index (χ1n) is 7.27. The zero-order valence-electron chi connectivity index (χ0n) is 13.6. The Morgan fingerprint density at radius 2 is 1.92 bits per heavy atom. The molecule has 0 fully saturated rings. The Kier molecular flexibility index (Phi) is 7.13. The standard InChI is InChI=1S/C17H20O7/c1-10(2)16(21)23-8-7-12-5-4-6-13(14(12)15(19)20)17(22)24-9-11(3)18/h4-6,11,18H,1,7-9H2,2-3H3,(H,19,20). The van der Waals surface area contributed by atoms with Crippen molar-refractivity contribution in [3.05, 3.63) is 47.0 Å². The molecule has 0 radical (unpaired) electrons. The van der Waals surface area contributed by atoms with Crippen LogP contribution in [-0.2, 0) is 20.7 Å². The second kappa shape index (κ2) is 8.83. The van der Waals surface area contributed by atoms with Gasteiger partial charge in [0, 0.05) is 12.0 Å². The van der Waals surface area contributed by atoms with Gasteiger partial charge < -0.3 is 19.7 Å². The maximum atomic E-state index is 12.0. The molecular weight excluding hydrogens is 316 g/mol. The monoisotopic (exact) mass is 336 g/mol. The number of aliphatic hydroxyl groups is 1. The topological polar surface area (TPSA) is 110 Å². The summed E-state index contributed by atoms with van der Waals surface area (Å²) < 4.78 is 9.80. The summed E-state index contributed by atoms with van der Waals surface area (Å²) in [5, 5.41) is 18.5. The molecule has 2 N–H and O–H groups in total. The highest BCUT2D eigenvalue weighted by atomic mass is 16.5. The number of benzene rings is 1. The Morgan fingerprint density at radius 3 is 2.46 bits per heavy atom. The van der Waals surface area contributed by atoms with Gasteiger partial charge >= 0.3 is 17.9 Å². The minimum absolute atomic E-state index is 0.0435. The van der Waals surface area contributed by atoms with E-state index in [0.29, 0.717) is 5.56 Å². The highest BCUT2D eigenvalue weighted by Crippen LogP contribution is 2.17. The average molecular weight is 336 g/mol. The number of hydrogen-bond acceptors (Lipinski definition) is 6. The lowest BCUT2D eigenvalue weighted by molar-refractivity contribution is -0.138. The maximum Gasteiger partial charge on any atom is 0.339 e. The maximum absolute atomic E-state index is 12.0. The van der Waals surface area contributed by atoms with Crippen LogP contribution >= 0.6 is 0 Å². The molecule has 7 heteroatoms.